The molecule has 1 aromatic heterocycles. The van der Waals surface area contributed by atoms with Gasteiger partial charge in [0.2, 0.25) is 0 Å². The zero-order valence-corrected chi connectivity index (χ0v) is 12.7. The van der Waals surface area contributed by atoms with Gasteiger partial charge in [-0.3, -0.25) is 5.41 Å². The third-order valence-electron chi connectivity index (χ3n) is 3.83. The Balaban J connectivity index is 2.08. The van der Waals surface area contributed by atoms with Gasteiger partial charge in [0.1, 0.15) is 11.2 Å². The van der Waals surface area contributed by atoms with Gasteiger partial charge < -0.3 is 9.30 Å². The summed E-state index contributed by atoms with van der Waals surface area (Å²) in [5, 5.41) is 8.45. The van der Waals surface area contributed by atoms with Gasteiger partial charge in [0.25, 0.3) is 0 Å². The number of ether oxygens (including phenoxy) is 1. The molecule has 0 bridgehead atoms. The van der Waals surface area contributed by atoms with E-state index >= 15 is 0 Å². The third-order valence-corrected chi connectivity index (χ3v) is 3.83. The summed E-state index contributed by atoms with van der Waals surface area (Å²) >= 11 is 0. The molecular formula is C19H18N2O. The van der Waals surface area contributed by atoms with E-state index in [2.05, 4.69) is 18.2 Å². The fraction of sp³-hybridized carbons (Fsp3) is 0.105. The second kappa shape index (κ2) is 5.90. The van der Waals surface area contributed by atoms with Gasteiger partial charge in [-0.1, -0.05) is 30.3 Å². The molecule has 2 aromatic carbocycles. The van der Waals surface area contributed by atoms with Gasteiger partial charge in [0.15, 0.2) is 0 Å². The number of aromatic nitrogens is 1. The van der Waals surface area contributed by atoms with Crippen molar-refractivity contribution in [3.63, 3.8) is 0 Å². The monoisotopic (exact) mass is 290 g/mol. The first-order chi connectivity index (χ1) is 10.7. The molecule has 3 aromatic rings. The minimum atomic E-state index is 0.492. The van der Waals surface area contributed by atoms with Crippen LogP contribution in [0.2, 0.25) is 0 Å². The molecule has 3 nitrogen and oxygen atoms in total. The van der Waals surface area contributed by atoms with Gasteiger partial charge in [0, 0.05) is 11.9 Å². The van der Waals surface area contributed by atoms with Crippen molar-refractivity contribution >= 4 is 0 Å². The molecular weight excluding hydrogens is 272 g/mol. The van der Waals surface area contributed by atoms with Crippen LogP contribution in [0, 0.1) is 12.3 Å². The SMILES string of the molecule is COc1ccc(-n2ccc(-c3ccccc3)c(C)c2=N)cc1. The first kappa shape index (κ1) is 14.1. The second-order valence-electron chi connectivity index (χ2n) is 5.14. The molecule has 3 rings (SSSR count). The molecule has 3 heteroatoms. The number of nitrogens with zero attached hydrogens (tertiary/aromatic N) is 1. The normalized spacial score (nSPS) is 10.5. The topological polar surface area (TPSA) is 38.0 Å². The van der Waals surface area contributed by atoms with Crippen molar-refractivity contribution in [3.8, 4) is 22.6 Å². The standard InChI is InChI=1S/C19H18N2O/c1-14-18(15-6-4-3-5-7-15)12-13-21(19(14)20)16-8-10-17(22-2)11-9-16/h3-13,20H,1-2H3. The predicted molar refractivity (Wildman–Crippen MR) is 88.3 cm³/mol. The molecule has 0 atom stereocenters. The first-order valence-corrected chi connectivity index (χ1v) is 7.17. The van der Waals surface area contributed by atoms with Crippen LogP contribution in [0.25, 0.3) is 16.8 Å². The molecule has 0 aliphatic rings. The van der Waals surface area contributed by atoms with Crippen LogP contribution in [0.5, 0.6) is 5.75 Å². The predicted octanol–water partition coefficient (Wildman–Crippen LogP) is 3.94. The van der Waals surface area contributed by atoms with E-state index in [1.165, 1.54) is 0 Å². The largest absolute Gasteiger partial charge is 0.497 e. The number of methoxy groups -OCH3 is 1. The highest BCUT2D eigenvalue weighted by molar-refractivity contribution is 5.66. The van der Waals surface area contributed by atoms with Crippen molar-refractivity contribution < 1.29 is 4.74 Å². The van der Waals surface area contributed by atoms with E-state index in [0.29, 0.717) is 5.49 Å². The molecule has 0 aliphatic heterocycles. The lowest BCUT2D eigenvalue weighted by molar-refractivity contribution is 0.414. The smallest absolute Gasteiger partial charge is 0.132 e. The highest BCUT2D eigenvalue weighted by Gasteiger charge is 2.06. The molecule has 0 radical (unpaired) electrons. The number of hydrogen-bond donors (Lipinski definition) is 1. The Morgan fingerprint density at radius 1 is 0.909 bits per heavy atom. The van der Waals surface area contributed by atoms with Crippen molar-refractivity contribution in [2.75, 3.05) is 7.11 Å². The molecule has 0 saturated heterocycles. The highest BCUT2D eigenvalue weighted by Crippen LogP contribution is 2.21. The summed E-state index contributed by atoms with van der Waals surface area (Å²) in [5.74, 6) is 0.813. The molecule has 0 unspecified atom stereocenters. The Bertz CT molecular complexity index is 834. The van der Waals surface area contributed by atoms with Crippen molar-refractivity contribution in [3.05, 3.63) is 77.9 Å². The number of benzene rings is 2. The maximum absolute atomic E-state index is 8.45. The summed E-state index contributed by atoms with van der Waals surface area (Å²) in [5.41, 5.74) is 4.63. The van der Waals surface area contributed by atoms with Crippen LogP contribution in [-0.2, 0) is 0 Å². The minimum absolute atomic E-state index is 0.492. The molecule has 0 saturated carbocycles. The maximum Gasteiger partial charge on any atom is 0.132 e. The van der Waals surface area contributed by atoms with Crippen LogP contribution in [0.15, 0.2) is 66.9 Å². The minimum Gasteiger partial charge on any atom is -0.497 e. The Morgan fingerprint density at radius 3 is 2.23 bits per heavy atom. The lowest BCUT2D eigenvalue weighted by Gasteiger charge is -2.13. The van der Waals surface area contributed by atoms with E-state index in [1.807, 2.05) is 60.2 Å². The number of nitrogens with one attached hydrogen (secondary N) is 1. The van der Waals surface area contributed by atoms with Gasteiger partial charge in [-0.05, 0) is 53.9 Å². The van der Waals surface area contributed by atoms with E-state index in [-0.39, 0.29) is 0 Å². The molecule has 0 fully saturated rings. The maximum atomic E-state index is 8.45. The van der Waals surface area contributed by atoms with E-state index in [4.69, 9.17) is 10.1 Å². The average molecular weight is 290 g/mol. The van der Waals surface area contributed by atoms with Gasteiger partial charge in [-0.2, -0.15) is 0 Å². The molecule has 0 amide bonds. The van der Waals surface area contributed by atoms with Crippen molar-refractivity contribution in [1.29, 1.82) is 5.41 Å². The molecule has 1 heterocycles. The third kappa shape index (κ3) is 2.53. The van der Waals surface area contributed by atoms with Gasteiger partial charge in [0.05, 0.1) is 7.11 Å². The van der Waals surface area contributed by atoms with Gasteiger partial charge in [-0.25, -0.2) is 0 Å². The van der Waals surface area contributed by atoms with Crippen molar-refractivity contribution in [2.45, 2.75) is 6.92 Å². The van der Waals surface area contributed by atoms with Crippen LogP contribution in [0.4, 0.5) is 0 Å². The second-order valence-corrected chi connectivity index (χ2v) is 5.14. The van der Waals surface area contributed by atoms with Crippen LogP contribution in [0.1, 0.15) is 5.56 Å². The van der Waals surface area contributed by atoms with E-state index in [1.54, 1.807) is 7.11 Å². The van der Waals surface area contributed by atoms with E-state index in [0.717, 1.165) is 28.1 Å². The Morgan fingerprint density at radius 2 is 1.59 bits per heavy atom. The Kier molecular flexibility index (Phi) is 3.79. The molecule has 0 aliphatic carbocycles. The summed E-state index contributed by atoms with van der Waals surface area (Å²) in [6.07, 6.45) is 1.94. The Labute approximate surface area is 130 Å². The van der Waals surface area contributed by atoms with Crippen molar-refractivity contribution in [1.82, 2.24) is 4.57 Å². The van der Waals surface area contributed by atoms with Crippen LogP contribution in [-0.4, -0.2) is 11.7 Å². The summed E-state index contributed by atoms with van der Waals surface area (Å²) in [4.78, 5) is 0. The summed E-state index contributed by atoms with van der Waals surface area (Å²) in [6, 6.07) is 20.0. The summed E-state index contributed by atoms with van der Waals surface area (Å²) < 4.78 is 7.06. The molecule has 1 N–H and O–H groups in total. The summed E-state index contributed by atoms with van der Waals surface area (Å²) in [6.45, 7) is 1.99. The van der Waals surface area contributed by atoms with Gasteiger partial charge >= 0.3 is 0 Å². The first-order valence-electron chi connectivity index (χ1n) is 7.17. The lowest BCUT2D eigenvalue weighted by Crippen LogP contribution is -2.20. The number of pyridine rings is 1. The van der Waals surface area contributed by atoms with E-state index < -0.39 is 0 Å². The zero-order valence-electron chi connectivity index (χ0n) is 12.7. The quantitative estimate of drug-likeness (QED) is 0.779. The lowest BCUT2D eigenvalue weighted by atomic mass is 10.0. The molecule has 22 heavy (non-hydrogen) atoms. The van der Waals surface area contributed by atoms with Crippen LogP contribution < -0.4 is 10.2 Å². The zero-order chi connectivity index (χ0) is 15.5. The number of hydrogen-bond acceptors (Lipinski definition) is 2. The highest BCUT2D eigenvalue weighted by atomic mass is 16.5. The molecule has 0 spiro atoms. The fourth-order valence-electron chi connectivity index (χ4n) is 2.55. The number of rotatable bonds is 3. The summed E-state index contributed by atoms with van der Waals surface area (Å²) in [7, 11) is 1.65. The van der Waals surface area contributed by atoms with Gasteiger partial charge in [-0.15, -0.1) is 0 Å². The Hall–Kier alpha value is -2.81. The van der Waals surface area contributed by atoms with E-state index in [9.17, 15) is 0 Å². The van der Waals surface area contributed by atoms with Crippen LogP contribution >= 0.6 is 0 Å². The fourth-order valence-corrected chi connectivity index (χ4v) is 2.55. The van der Waals surface area contributed by atoms with Crippen LogP contribution in [0.3, 0.4) is 0 Å². The van der Waals surface area contributed by atoms with Crippen molar-refractivity contribution in [2.24, 2.45) is 0 Å². The molecule has 110 valence electrons. The average Bonchev–Trinajstić information content (AvgIpc) is 2.58.